The van der Waals surface area contributed by atoms with E-state index in [0.717, 1.165) is 10.9 Å². The number of benzene rings is 1. The summed E-state index contributed by atoms with van der Waals surface area (Å²) in [6.45, 7) is 0. The molecule has 90 valence electrons. The van der Waals surface area contributed by atoms with Gasteiger partial charge in [-0.25, -0.2) is 4.98 Å². The molecule has 19 heavy (non-hydrogen) atoms. The van der Waals surface area contributed by atoms with Crippen molar-refractivity contribution in [3.63, 3.8) is 0 Å². The van der Waals surface area contributed by atoms with Crippen molar-refractivity contribution in [2.75, 3.05) is 0 Å². The molecule has 0 aliphatic heterocycles. The molecule has 2 heterocycles. The van der Waals surface area contributed by atoms with Crippen molar-refractivity contribution in [3.05, 3.63) is 60.4 Å². The summed E-state index contributed by atoms with van der Waals surface area (Å²) in [6, 6.07) is 14.8. The number of pyridine rings is 2. The fourth-order valence-electron chi connectivity index (χ4n) is 1.81. The lowest BCUT2D eigenvalue weighted by Gasteiger charge is -2.07. The lowest BCUT2D eigenvalue weighted by Crippen LogP contribution is -1.90. The first-order chi connectivity index (χ1) is 9.36. The minimum Gasteiger partial charge on any atom is -0.437 e. The summed E-state index contributed by atoms with van der Waals surface area (Å²) in [4.78, 5) is 8.39. The van der Waals surface area contributed by atoms with Crippen LogP contribution in [0, 0.1) is 11.3 Å². The molecular formula is C15H9N3O. The van der Waals surface area contributed by atoms with E-state index in [9.17, 15) is 0 Å². The Morgan fingerprint density at radius 2 is 1.89 bits per heavy atom. The van der Waals surface area contributed by atoms with E-state index in [2.05, 4.69) is 16.0 Å². The van der Waals surface area contributed by atoms with Gasteiger partial charge in [0.05, 0.1) is 11.6 Å². The average molecular weight is 247 g/mol. The zero-order chi connectivity index (χ0) is 13.1. The molecule has 0 unspecified atom stereocenters. The summed E-state index contributed by atoms with van der Waals surface area (Å²) in [5.74, 6) is 1.01. The minimum atomic E-state index is 0.386. The second-order valence-corrected chi connectivity index (χ2v) is 3.93. The maximum Gasteiger partial charge on any atom is 0.220 e. The summed E-state index contributed by atoms with van der Waals surface area (Å²) < 4.78 is 5.71. The number of nitriles is 1. The Hall–Kier alpha value is -2.93. The van der Waals surface area contributed by atoms with Crippen LogP contribution in [-0.2, 0) is 0 Å². The molecule has 1 aromatic carbocycles. The molecule has 0 saturated heterocycles. The highest BCUT2D eigenvalue weighted by Crippen LogP contribution is 2.27. The third-order valence-electron chi connectivity index (χ3n) is 2.67. The van der Waals surface area contributed by atoms with E-state index in [1.807, 2.05) is 30.3 Å². The van der Waals surface area contributed by atoms with Gasteiger partial charge in [0.25, 0.3) is 0 Å². The third-order valence-corrected chi connectivity index (χ3v) is 2.67. The zero-order valence-corrected chi connectivity index (χ0v) is 9.95. The number of hydrogen-bond acceptors (Lipinski definition) is 4. The highest BCUT2D eigenvalue weighted by Gasteiger charge is 2.05. The van der Waals surface area contributed by atoms with E-state index in [1.165, 1.54) is 0 Å². The van der Waals surface area contributed by atoms with E-state index in [1.54, 1.807) is 24.5 Å². The number of hydrogen-bond donors (Lipinski definition) is 0. The summed E-state index contributed by atoms with van der Waals surface area (Å²) in [5, 5.41) is 9.85. The van der Waals surface area contributed by atoms with Crippen molar-refractivity contribution in [1.82, 2.24) is 9.97 Å². The Bertz CT molecular complexity index is 772. The number of ether oxygens (including phenoxy) is 1. The molecule has 0 aliphatic carbocycles. The maximum absolute atomic E-state index is 8.85. The monoisotopic (exact) mass is 247 g/mol. The molecule has 4 nitrogen and oxygen atoms in total. The Morgan fingerprint density at radius 1 is 1.00 bits per heavy atom. The van der Waals surface area contributed by atoms with Crippen LogP contribution < -0.4 is 4.74 Å². The van der Waals surface area contributed by atoms with Gasteiger partial charge in [-0.15, -0.1) is 0 Å². The van der Waals surface area contributed by atoms with Gasteiger partial charge in [-0.2, -0.15) is 5.26 Å². The molecule has 0 atom stereocenters. The predicted molar refractivity (Wildman–Crippen MR) is 70.8 cm³/mol. The lowest BCUT2D eigenvalue weighted by atomic mass is 10.2. The molecule has 0 fully saturated rings. The van der Waals surface area contributed by atoms with E-state index in [-0.39, 0.29) is 0 Å². The van der Waals surface area contributed by atoms with Gasteiger partial charge < -0.3 is 4.74 Å². The van der Waals surface area contributed by atoms with Crippen molar-refractivity contribution < 1.29 is 4.74 Å². The van der Waals surface area contributed by atoms with Gasteiger partial charge in [-0.3, -0.25) is 4.98 Å². The molecule has 0 aliphatic rings. The van der Waals surface area contributed by atoms with Crippen LogP contribution in [0.3, 0.4) is 0 Å². The molecule has 4 heteroatoms. The predicted octanol–water partition coefficient (Wildman–Crippen LogP) is 3.29. The van der Waals surface area contributed by atoms with Gasteiger partial charge in [0.15, 0.2) is 5.75 Å². The molecule has 3 rings (SSSR count). The second kappa shape index (κ2) is 4.75. The summed E-state index contributed by atoms with van der Waals surface area (Å²) in [5.41, 5.74) is 1.28. The molecule has 0 N–H and O–H groups in total. The van der Waals surface area contributed by atoms with Crippen LogP contribution in [0.5, 0.6) is 11.6 Å². The molecular weight excluding hydrogens is 238 g/mol. The van der Waals surface area contributed by atoms with Gasteiger partial charge in [0.1, 0.15) is 5.52 Å². The highest BCUT2D eigenvalue weighted by molar-refractivity contribution is 5.84. The summed E-state index contributed by atoms with van der Waals surface area (Å²) in [7, 11) is 0. The van der Waals surface area contributed by atoms with Crippen LogP contribution in [-0.4, -0.2) is 9.97 Å². The number of fused-ring (bicyclic) bond motifs is 1. The van der Waals surface area contributed by atoms with Gasteiger partial charge in [0.2, 0.25) is 5.88 Å². The molecule has 0 radical (unpaired) electrons. The van der Waals surface area contributed by atoms with Crippen LogP contribution in [0.4, 0.5) is 0 Å². The molecule has 0 saturated carbocycles. The first-order valence-corrected chi connectivity index (χ1v) is 5.74. The van der Waals surface area contributed by atoms with E-state index < -0.39 is 0 Å². The average Bonchev–Trinajstić information content (AvgIpc) is 2.48. The van der Waals surface area contributed by atoms with Crippen LogP contribution in [0.25, 0.3) is 10.9 Å². The Kier molecular flexibility index (Phi) is 2.79. The Morgan fingerprint density at radius 3 is 2.79 bits per heavy atom. The fourth-order valence-corrected chi connectivity index (χ4v) is 1.81. The van der Waals surface area contributed by atoms with Gasteiger partial charge >= 0.3 is 0 Å². The number of rotatable bonds is 2. The molecule has 2 aromatic heterocycles. The standard InChI is InChI=1S/C15H9N3O/c16-10-11-6-8-17-14(9-11)19-13-5-1-3-12-4-2-7-18-15(12)13/h1-9H. The van der Waals surface area contributed by atoms with Gasteiger partial charge in [-0.05, 0) is 18.2 Å². The second-order valence-electron chi connectivity index (χ2n) is 3.93. The molecule has 0 bridgehead atoms. The topological polar surface area (TPSA) is 58.8 Å². The summed E-state index contributed by atoms with van der Waals surface area (Å²) in [6.07, 6.45) is 3.26. The quantitative estimate of drug-likeness (QED) is 0.697. The Labute approximate surface area is 109 Å². The van der Waals surface area contributed by atoms with Gasteiger partial charge in [-0.1, -0.05) is 18.2 Å². The summed E-state index contributed by atoms with van der Waals surface area (Å²) >= 11 is 0. The van der Waals surface area contributed by atoms with E-state index in [4.69, 9.17) is 10.00 Å². The number of nitrogens with zero attached hydrogens (tertiary/aromatic N) is 3. The van der Waals surface area contributed by atoms with Crippen molar-refractivity contribution in [1.29, 1.82) is 5.26 Å². The molecule has 0 amide bonds. The van der Waals surface area contributed by atoms with Crippen molar-refractivity contribution in [2.45, 2.75) is 0 Å². The van der Waals surface area contributed by atoms with E-state index >= 15 is 0 Å². The molecule has 3 aromatic rings. The first-order valence-electron chi connectivity index (χ1n) is 5.74. The van der Waals surface area contributed by atoms with Crippen molar-refractivity contribution >= 4 is 10.9 Å². The minimum absolute atomic E-state index is 0.386. The maximum atomic E-state index is 8.85. The number of para-hydroxylation sites is 1. The fraction of sp³-hybridized carbons (Fsp3) is 0. The largest absolute Gasteiger partial charge is 0.437 e. The smallest absolute Gasteiger partial charge is 0.220 e. The normalized spacial score (nSPS) is 10.1. The van der Waals surface area contributed by atoms with Crippen LogP contribution in [0.1, 0.15) is 5.56 Å². The van der Waals surface area contributed by atoms with Crippen molar-refractivity contribution in [3.8, 4) is 17.7 Å². The third kappa shape index (κ3) is 2.22. The zero-order valence-electron chi connectivity index (χ0n) is 9.95. The highest BCUT2D eigenvalue weighted by atomic mass is 16.5. The van der Waals surface area contributed by atoms with Crippen LogP contribution in [0.15, 0.2) is 54.9 Å². The van der Waals surface area contributed by atoms with E-state index in [0.29, 0.717) is 17.2 Å². The number of aromatic nitrogens is 2. The van der Waals surface area contributed by atoms with Crippen molar-refractivity contribution in [2.24, 2.45) is 0 Å². The van der Waals surface area contributed by atoms with Crippen LogP contribution in [0.2, 0.25) is 0 Å². The lowest BCUT2D eigenvalue weighted by molar-refractivity contribution is 0.467. The molecule has 0 spiro atoms. The van der Waals surface area contributed by atoms with Gasteiger partial charge in [0, 0.05) is 23.8 Å². The Balaban J connectivity index is 2.04. The SMILES string of the molecule is N#Cc1ccnc(Oc2cccc3cccnc23)c1. The van der Waals surface area contributed by atoms with Crippen LogP contribution >= 0.6 is 0 Å². The first kappa shape index (κ1) is 11.2.